The van der Waals surface area contributed by atoms with Crippen molar-refractivity contribution in [3.05, 3.63) is 187 Å². The minimum Gasteiger partial charge on any atom is -0.309 e. The van der Waals surface area contributed by atoms with Crippen molar-refractivity contribution in [2.24, 2.45) is 0 Å². The van der Waals surface area contributed by atoms with E-state index < -0.39 is 0 Å². The SMILES string of the molecule is N#Cc1ccc(-c2ccc(-n3c4ccccc4c4ccc(C#N)cc43)cc2)c(-n2c3ccccc3c3c(-n4c5ccccc5c5ccccc54)cccc32)c1. The lowest BCUT2D eigenvalue weighted by molar-refractivity contribution is 1.16. The van der Waals surface area contributed by atoms with Gasteiger partial charge in [-0.25, -0.2) is 0 Å². The van der Waals surface area contributed by atoms with E-state index in [4.69, 9.17) is 0 Å². The fraction of sp³-hybridized carbons (Fsp3) is 0. The van der Waals surface area contributed by atoms with Gasteiger partial charge in [0.25, 0.3) is 0 Å². The van der Waals surface area contributed by atoms with Gasteiger partial charge in [0.05, 0.1) is 67.7 Å². The van der Waals surface area contributed by atoms with Crippen LogP contribution in [-0.4, -0.2) is 13.7 Å². The van der Waals surface area contributed by atoms with Gasteiger partial charge in [-0.05, 0) is 78.4 Å². The monoisotopic (exact) mass is 699 g/mol. The number of nitriles is 2. The minimum atomic E-state index is 0.596. The van der Waals surface area contributed by atoms with E-state index in [0.29, 0.717) is 11.1 Å². The van der Waals surface area contributed by atoms with Crippen molar-refractivity contribution in [2.75, 3.05) is 0 Å². The maximum atomic E-state index is 10.2. The molecule has 5 nitrogen and oxygen atoms in total. The summed E-state index contributed by atoms with van der Waals surface area (Å²) in [6, 6.07) is 66.0. The predicted molar refractivity (Wildman–Crippen MR) is 224 cm³/mol. The first-order valence-electron chi connectivity index (χ1n) is 18.3. The van der Waals surface area contributed by atoms with Crippen molar-refractivity contribution in [3.8, 4) is 40.3 Å². The molecule has 0 fully saturated rings. The first-order valence-corrected chi connectivity index (χ1v) is 18.3. The summed E-state index contributed by atoms with van der Waals surface area (Å²) >= 11 is 0. The smallest absolute Gasteiger partial charge is 0.0992 e. The summed E-state index contributed by atoms with van der Waals surface area (Å²) in [5, 5.41) is 26.9. The van der Waals surface area contributed by atoms with E-state index in [1.165, 1.54) is 10.8 Å². The average Bonchev–Trinajstić information content (AvgIpc) is 3.89. The second-order valence-corrected chi connectivity index (χ2v) is 14.0. The van der Waals surface area contributed by atoms with Crippen molar-refractivity contribution in [1.29, 1.82) is 10.5 Å². The molecular formula is C50H29N5. The molecule has 0 aliphatic heterocycles. The van der Waals surface area contributed by atoms with Crippen molar-refractivity contribution in [2.45, 2.75) is 0 Å². The average molecular weight is 700 g/mol. The van der Waals surface area contributed by atoms with Crippen molar-refractivity contribution >= 4 is 65.4 Å². The summed E-state index contributed by atoms with van der Waals surface area (Å²) in [6.45, 7) is 0. The molecule has 254 valence electrons. The normalized spacial score (nSPS) is 11.6. The van der Waals surface area contributed by atoms with Crippen LogP contribution in [0.15, 0.2) is 176 Å². The van der Waals surface area contributed by atoms with Crippen molar-refractivity contribution in [3.63, 3.8) is 0 Å². The van der Waals surface area contributed by atoms with E-state index in [1.54, 1.807) is 0 Å². The van der Waals surface area contributed by atoms with E-state index in [-0.39, 0.29) is 0 Å². The summed E-state index contributed by atoms with van der Waals surface area (Å²) < 4.78 is 6.95. The van der Waals surface area contributed by atoms with Crippen LogP contribution in [0.3, 0.4) is 0 Å². The summed E-state index contributed by atoms with van der Waals surface area (Å²) in [5.41, 5.74) is 12.9. The van der Waals surface area contributed by atoms with E-state index >= 15 is 0 Å². The number of para-hydroxylation sites is 4. The molecule has 0 radical (unpaired) electrons. The van der Waals surface area contributed by atoms with Gasteiger partial charge in [0.15, 0.2) is 0 Å². The van der Waals surface area contributed by atoms with Crippen LogP contribution in [0.2, 0.25) is 0 Å². The van der Waals surface area contributed by atoms with Gasteiger partial charge in [-0.1, -0.05) is 103 Å². The van der Waals surface area contributed by atoms with Crippen molar-refractivity contribution in [1.82, 2.24) is 13.7 Å². The van der Waals surface area contributed by atoms with Gasteiger partial charge in [-0.2, -0.15) is 10.5 Å². The zero-order chi connectivity index (χ0) is 36.6. The Hall–Kier alpha value is -7.86. The number of rotatable bonds is 4. The van der Waals surface area contributed by atoms with Gasteiger partial charge >= 0.3 is 0 Å². The fourth-order valence-corrected chi connectivity index (χ4v) is 8.77. The first kappa shape index (κ1) is 30.7. The molecule has 0 saturated heterocycles. The van der Waals surface area contributed by atoms with Crippen LogP contribution in [0.4, 0.5) is 0 Å². The van der Waals surface area contributed by atoms with Crippen LogP contribution in [-0.2, 0) is 0 Å². The van der Waals surface area contributed by atoms with Crippen LogP contribution in [0.1, 0.15) is 11.1 Å². The maximum Gasteiger partial charge on any atom is 0.0992 e. The number of hydrogen-bond acceptors (Lipinski definition) is 2. The van der Waals surface area contributed by atoms with Gasteiger partial charge in [0.1, 0.15) is 0 Å². The molecule has 0 saturated carbocycles. The van der Waals surface area contributed by atoms with Gasteiger partial charge < -0.3 is 13.7 Å². The highest BCUT2D eigenvalue weighted by Crippen LogP contribution is 2.42. The van der Waals surface area contributed by atoms with E-state index in [0.717, 1.165) is 82.8 Å². The Kier molecular flexibility index (Phi) is 6.61. The van der Waals surface area contributed by atoms with Crippen LogP contribution >= 0.6 is 0 Å². The summed E-state index contributed by atoms with van der Waals surface area (Å²) in [7, 11) is 0. The van der Waals surface area contributed by atoms with Crippen LogP contribution in [0.25, 0.3) is 93.6 Å². The van der Waals surface area contributed by atoms with E-state index in [1.807, 2.05) is 30.3 Å². The fourth-order valence-electron chi connectivity index (χ4n) is 8.77. The summed E-state index contributed by atoms with van der Waals surface area (Å²) in [5.74, 6) is 0. The van der Waals surface area contributed by atoms with Crippen LogP contribution in [0.5, 0.6) is 0 Å². The molecular weight excluding hydrogens is 671 g/mol. The Bertz CT molecular complexity index is 3400. The summed E-state index contributed by atoms with van der Waals surface area (Å²) in [6.07, 6.45) is 0. The molecule has 11 aromatic rings. The number of nitrogens with zero attached hydrogens (tertiary/aromatic N) is 5. The summed E-state index contributed by atoms with van der Waals surface area (Å²) in [4.78, 5) is 0. The molecule has 0 N–H and O–H groups in total. The highest BCUT2D eigenvalue weighted by atomic mass is 15.0. The number of hydrogen-bond donors (Lipinski definition) is 0. The maximum absolute atomic E-state index is 10.2. The van der Waals surface area contributed by atoms with Gasteiger partial charge in [-0.15, -0.1) is 0 Å². The molecule has 0 aliphatic carbocycles. The molecule has 3 aromatic heterocycles. The topological polar surface area (TPSA) is 62.4 Å². The third-order valence-corrected chi connectivity index (χ3v) is 11.1. The van der Waals surface area contributed by atoms with Crippen LogP contribution in [0, 0.1) is 22.7 Å². The Morgan fingerprint density at radius 3 is 1.47 bits per heavy atom. The third-order valence-electron chi connectivity index (χ3n) is 11.1. The predicted octanol–water partition coefficient (Wildman–Crippen LogP) is 12.4. The molecule has 0 atom stereocenters. The van der Waals surface area contributed by atoms with Crippen molar-refractivity contribution < 1.29 is 0 Å². The Morgan fingerprint density at radius 1 is 0.345 bits per heavy atom. The van der Waals surface area contributed by atoms with Crippen LogP contribution < -0.4 is 0 Å². The lowest BCUT2D eigenvalue weighted by atomic mass is 10.0. The molecule has 0 aliphatic rings. The molecule has 55 heavy (non-hydrogen) atoms. The highest BCUT2D eigenvalue weighted by molar-refractivity contribution is 6.17. The molecule has 0 amide bonds. The Labute approximate surface area is 316 Å². The standard InChI is InChI=1S/C50H29N5/c51-30-32-20-26-36(34-22-24-35(25-23-34)53-42-14-5-1-12-39(42)40-27-21-33(31-52)29-49(40)53)48(28-32)55-45-17-8-4-13-41(45)50-46(18-9-19-47(50)55)54-43-15-6-2-10-37(43)38-11-3-7-16-44(38)54/h1-29H. The highest BCUT2D eigenvalue weighted by Gasteiger charge is 2.21. The van der Waals surface area contributed by atoms with E-state index in [9.17, 15) is 10.5 Å². The minimum absolute atomic E-state index is 0.596. The quantitative estimate of drug-likeness (QED) is 0.184. The molecule has 0 bridgehead atoms. The lowest BCUT2D eigenvalue weighted by Gasteiger charge is -2.16. The largest absolute Gasteiger partial charge is 0.309 e. The van der Waals surface area contributed by atoms with Gasteiger partial charge in [0, 0.05) is 43.6 Å². The second-order valence-electron chi connectivity index (χ2n) is 14.0. The zero-order valence-electron chi connectivity index (χ0n) is 29.5. The van der Waals surface area contributed by atoms with E-state index in [2.05, 4.69) is 171 Å². The lowest BCUT2D eigenvalue weighted by Crippen LogP contribution is -2.00. The van der Waals surface area contributed by atoms with Gasteiger partial charge in [0.2, 0.25) is 0 Å². The molecule has 0 spiro atoms. The molecule has 11 rings (SSSR count). The Balaban J connectivity index is 1.14. The molecule has 0 unspecified atom stereocenters. The number of fused-ring (bicyclic) bond motifs is 9. The first-order chi connectivity index (χ1) is 27.2. The number of aromatic nitrogens is 3. The zero-order valence-corrected chi connectivity index (χ0v) is 29.5. The van der Waals surface area contributed by atoms with Gasteiger partial charge in [-0.3, -0.25) is 0 Å². The molecule has 5 heteroatoms. The molecule has 3 heterocycles. The second kappa shape index (κ2) is 11.8. The third kappa shape index (κ3) is 4.45. The Morgan fingerprint density at radius 2 is 0.836 bits per heavy atom. The number of benzene rings is 8. The molecule has 8 aromatic carbocycles.